The fraction of sp³-hybridized carbons (Fsp3) is 0.824. The molecule has 4 fully saturated rings. The number of rotatable bonds is 5. The monoisotopic (exact) mass is 570 g/mol. The Morgan fingerprint density at radius 2 is 1.54 bits per heavy atom. The van der Waals surface area contributed by atoms with Gasteiger partial charge in [0.1, 0.15) is 6.10 Å². The molecule has 7 nitrogen and oxygen atoms in total. The Kier molecular flexibility index (Phi) is 6.95. The number of carboxylic acid groups (broad SMARTS) is 2. The van der Waals surface area contributed by atoms with Crippen molar-refractivity contribution in [3.8, 4) is 0 Å². The van der Waals surface area contributed by atoms with Crippen LogP contribution in [0.2, 0.25) is 0 Å². The normalized spacial score (nSPS) is 46.6. The lowest BCUT2D eigenvalue weighted by Crippen LogP contribution is -2.66. The van der Waals surface area contributed by atoms with Crippen molar-refractivity contribution in [2.75, 3.05) is 0 Å². The highest BCUT2D eigenvalue weighted by Crippen LogP contribution is 2.75. The quantitative estimate of drug-likeness (QED) is 0.348. The molecule has 5 aliphatic rings. The average molecular weight is 571 g/mol. The molecule has 5 rings (SSSR count). The van der Waals surface area contributed by atoms with Crippen molar-refractivity contribution in [3.63, 3.8) is 0 Å². The van der Waals surface area contributed by atoms with Gasteiger partial charge in [-0.3, -0.25) is 19.2 Å². The molecule has 5 aliphatic carbocycles. The Hall–Kier alpha value is -2.18. The summed E-state index contributed by atoms with van der Waals surface area (Å²) in [6.45, 7) is 15.5. The maximum absolute atomic E-state index is 14.5. The van der Waals surface area contributed by atoms with Crippen LogP contribution in [0.4, 0.5) is 0 Å². The molecule has 4 saturated carbocycles. The van der Waals surface area contributed by atoms with Gasteiger partial charge in [-0.2, -0.15) is 0 Å². The first-order valence-electron chi connectivity index (χ1n) is 15.7. The van der Waals surface area contributed by atoms with Gasteiger partial charge in [-0.15, -0.1) is 0 Å². The van der Waals surface area contributed by atoms with Gasteiger partial charge in [0, 0.05) is 11.3 Å². The van der Waals surface area contributed by atoms with Crippen LogP contribution in [0.15, 0.2) is 11.6 Å². The first kappa shape index (κ1) is 30.3. The molecule has 0 aliphatic heterocycles. The Bertz CT molecular complexity index is 1200. The van der Waals surface area contributed by atoms with Crippen LogP contribution in [0.3, 0.4) is 0 Å². The fourth-order valence-corrected chi connectivity index (χ4v) is 11.0. The minimum absolute atomic E-state index is 0.0233. The number of fused-ring (bicyclic) bond motifs is 7. The molecule has 0 aromatic heterocycles. The third kappa shape index (κ3) is 4.25. The van der Waals surface area contributed by atoms with E-state index in [0.717, 1.165) is 38.5 Å². The van der Waals surface area contributed by atoms with Gasteiger partial charge < -0.3 is 14.9 Å². The molecular formula is C34H50O7. The number of ketones is 1. The van der Waals surface area contributed by atoms with Crippen LogP contribution in [0.1, 0.15) is 119 Å². The predicted octanol–water partition coefficient (Wildman–Crippen LogP) is 6.83. The largest absolute Gasteiger partial charge is 0.481 e. The first-order chi connectivity index (χ1) is 18.8. The van der Waals surface area contributed by atoms with E-state index in [1.165, 1.54) is 5.57 Å². The predicted molar refractivity (Wildman–Crippen MR) is 154 cm³/mol. The molecule has 0 unspecified atom stereocenters. The van der Waals surface area contributed by atoms with E-state index in [9.17, 15) is 24.3 Å². The summed E-state index contributed by atoms with van der Waals surface area (Å²) in [6, 6.07) is 0. The summed E-state index contributed by atoms with van der Waals surface area (Å²) < 4.78 is 5.91. The van der Waals surface area contributed by atoms with E-state index in [0.29, 0.717) is 19.3 Å². The van der Waals surface area contributed by atoms with Gasteiger partial charge in [0.15, 0.2) is 5.78 Å². The van der Waals surface area contributed by atoms with E-state index in [1.807, 2.05) is 13.0 Å². The van der Waals surface area contributed by atoms with E-state index < -0.39 is 23.3 Å². The Balaban J connectivity index is 1.49. The smallest absolute Gasteiger partial charge is 0.309 e. The van der Waals surface area contributed by atoms with E-state index in [1.54, 1.807) is 0 Å². The molecule has 2 N–H and O–H groups in total. The van der Waals surface area contributed by atoms with Gasteiger partial charge in [-0.05, 0) is 104 Å². The number of esters is 1. The van der Waals surface area contributed by atoms with Crippen molar-refractivity contribution >= 4 is 23.7 Å². The number of hydrogen-bond acceptors (Lipinski definition) is 5. The molecule has 228 valence electrons. The molecule has 0 spiro atoms. The SMILES string of the molecule is CC1(C)[C@H](OC(=O)CCC(=O)O)CC[C@@]2(C)[C@H]3C(=O)C=C4[C@H]5C[C@@](C)(C(=O)O)CC[C@]5(C)CC[C@@]4(C)[C@@]3(C)CC[C@@H]12. The Labute approximate surface area is 244 Å². The summed E-state index contributed by atoms with van der Waals surface area (Å²) in [6.07, 6.45) is 8.80. The van der Waals surface area contributed by atoms with Gasteiger partial charge in [0.2, 0.25) is 0 Å². The highest BCUT2D eigenvalue weighted by molar-refractivity contribution is 5.95. The van der Waals surface area contributed by atoms with Crippen molar-refractivity contribution in [2.45, 2.75) is 125 Å². The van der Waals surface area contributed by atoms with Crippen molar-refractivity contribution in [2.24, 2.45) is 50.2 Å². The van der Waals surface area contributed by atoms with Gasteiger partial charge in [-0.25, -0.2) is 0 Å². The molecule has 7 heteroatoms. The minimum Gasteiger partial charge on any atom is -0.481 e. The van der Waals surface area contributed by atoms with Crippen molar-refractivity contribution in [3.05, 3.63) is 11.6 Å². The van der Waals surface area contributed by atoms with Crippen LogP contribution in [-0.2, 0) is 23.9 Å². The number of ether oxygens (including phenoxy) is 1. The maximum Gasteiger partial charge on any atom is 0.309 e. The zero-order valence-electron chi connectivity index (χ0n) is 26.1. The second-order valence-electron chi connectivity index (χ2n) is 16.3. The second-order valence-corrected chi connectivity index (χ2v) is 16.3. The number of hydrogen-bond donors (Lipinski definition) is 2. The summed E-state index contributed by atoms with van der Waals surface area (Å²) >= 11 is 0. The van der Waals surface area contributed by atoms with E-state index in [2.05, 4.69) is 41.5 Å². The first-order valence-corrected chi connectivity index (χ1v) is 15.7. The molecule has 0 aromatic rings. The third-order valence-electron chi connectivity index (χ3n) is 13.8. The molecule has 0 heterocycles. The summed E-state index contributed by atoms with van der Waals surface area (Å²) in [7, 11) is 0. The number of allylic oxidation sites excluding steroid dienone is 2. The lowest BCUT2D eigenvalue weighted by atomic mass is 9.33. The molecular weight excluding hydrogens is 520 g/mol. The molecule has 41 heavy (non-hydrogen) atoms. The lowest BCUT2D eigenvalue weighted by Gasteiger charge is -2.70. The maximum atomic E-state index is 14.5. The lowest BCUT2D eigenvalue weighted by molar-refractivity contribution is -0.211. The zero-order valence-corrected chi connectivity index (χ0v) is 26.1. The highest BCUT2D eigenvalue weighted by Gasteiger charge is 2.70. The van der Waals surface area contributed by atoms with Crippen molar-refractivity contribution in [1.82, 2.24) is 0 Å². The van der Waals surface area contributed by atoms with Crippen LogP contribution < -0.4 is 0 Å². The van der Waals surface area contributed by atoms with E-state index in [-0.39, 0.29) is 69.6 Å². The standard InChI is InChI=1S/C34H50O7/c1-29(2)23-10-13-34(7)27(32(23,5)12-11-24(29)41-26(38)9-8-25(36)37)22(35)18-20-21-19-31(4,28(39)40)15-14-30(21,3)16-17-33(20,34)6/h18,21,23-24,27H,8-17,19H2,1-7H3,(H,36,37)(H,39,40)/t21-,23+,24-,27-,30-,31+,32-,33-,34+/m1/s1. The van der Waals surface area contributed by atoms with Gasteiger partial charge >= 0.3 is 17.9 Å². The Morgan fingerprint density at radius 3 is 2.17 bits per heavy atom. The molecule has 9 atom stereocenters. The summed E-state index contributed by atoms with van der Waals surface area (Å²) in [5.74, 6) is -1.87. The number of aliphatic carboxylic acids is 2. The fourth-order valence-electron chi connectivity index (χ4n) is 11.0. The van der Waals surface area contributed by atoms with E-state index >= 15 is 0 Å². The number of carboxylic acids is 2. The van der Waals surface area contributed by atoms with Crippen LogP contribution in [0, 0.1) is 50.2 Å². The topological polar surface area (TPSA) is 118 Å². The molecule has 0 radical (unpaired) electrons. The molecule has 0 bridgehead atoms. The van der Waals surface area contributed by atoms with Crippen LogP contribution in [0.25, 0.3) is 0 Å². The molecule has 0 aromatic carbocycles. The second kappa shape index (κ2) is 9.41. The number of carbonyl (C=O) groups excluding carboxylic acids is 2. The van der Waals surface area contributed by atoms with Crippen LogP contribution in [-0.4, -0.2) is 40.0 Å². The number of carbonyl (C=O) groups is 4. The van der Waals surface area contributed by atoms with E-state index in [4.69, 9.17) is 9.84 Å². The average Bonchev–Trinajstić information content (AvgIpc) is 2.86. The summed E-state index contributed by atoms with van der Waals surface area (Å²) in [4.78, 5) is 50.3. The highest BCUT2D eigenvalue weighted by atomic mass is 16.5. The molecule has 0 amide bonds. The zero-order chi connectivity index (χ0) is 30.4. The van der Waals surface area contributed by atoms with Crippen LogP contribution >= 0.6 is 0 Å². The Morgan fingerprint density at radius 1 is 0.878 bits per heavy atom. The minimum atomic E-state index is -1.01. The summed E-state index contributed by atoms with van der Waals surface area (Å²) in [5.41, 5.74) is -0.553. The van der Waals surface area contributed by atoms with Crippen molar-refractivity contribution < 1.29 is 34.1 Å². The summed E-state index contributed by atoms with van der Waals surface area (Å²) in [5, 5.41) is 19.1. The van der Waals surface area contributed by atoms with Gasteiger partial charge in [0.05, 0.1) is 18.3 Å². The van der Waals surface area contributed by atoms with Crippen LogP contribution in [0.5, 0.6) is 0 Å². The van der Waals surface area contributed by atoms with Gasteiger partial charge in [0.25, 0.3) is 0 Å². The third-order valence-corrected chi connectivity index (χ3v) is 13.8. The van der Waals surface area contributed by atoms with Crippen molar-refractivity contribution in [1.29, 1.82) is 0 Å². The molecule has 0 saturated heterocycles. The van der Waals surface area contributed by atoms with Gasteiger partial charge in [-0.1, -0.05) is 47.1 Å².